The van der Waals surface area contributed by atoms with Gasteiger partial charge in [0.15, 0.2) is 0 Å². The summed E-state index contributed by atoms with van der Waals surface area (Å²) in [7, 11) is 0. The fraction of sp³-hybridized carbons (Fsp3) is 0.125. The molecule has 0 radical (unpaired) electrons. The van der Waals surface area contributed by atoms with Gasteiger partial charge in [0.1, 0.15) is 18.2 Å². The van der Waals surface area contributed by atoms with Crippen molar-refractivity contribution in [2.24, 2.45) is 10.9 Å². The summed E-state index contributed by atoms with van der Waals surface area (Å²) in [5, 5.41) is 45.7. The summed E-state index contributed by atoms with van der Waals surface area (Å²) in [6, 6.07) is 6.47. The molecule has 0 aliphatic carbocycles. The number of carbonyl (C=O) groups excluding carboxylic acids is 1. The van der Waals surface area contributed by atoms with Crippen molar-refractivity contribution >= 4 is 47.1 Å². The lowest BCUT2D eigenvalue weighted by Crippen LogP contribution is -2.09. The van der Waals surface area contributed by atoms with Gasteiger partial charge < -0.3 is 15.7 Å². The second-order valence-electron chi connectivity index (χ2n) is 5.41. The minimum absolute atomic E-state index is 0. The van der Waals surface area contributed by atoms with E-state index >= 15 is 0 Å². The molecule has 0 unspecified atom stereocenters. The molecule has 0 bridgehead atoms. The first-order chi connectivity index (χ1) is 15.6. The van der Waals surface area contributed by atoms with Crippen LogP contribution in [-0.2, 0) is 4.79 Å². The molecule has 0 amide bonds. The third kappa shape index (κ3) is 9.36. The number of non-ortho nitro benzene ring substituents is 2. The maximum Gasteiger partial charge on any atom is 0.301 e. The molecular formula is C16H20N8O10. The number of nitrogens with one attached hydrogen (secondary N) is 2. The second-order valence-corrected chi connectivity index (χ2v) is 5.41. The standard InChI is InChI=1S/C9H10N4O4.C6H6N4O4.CH2O.H2O/c1-2-5-10-11-8-4-3-7(12(14)15)6-9(8)13(16)17;7-8-5-2-1-4(9(11)12)3-6(5)10(13)14;1-2;/h3-6,11H,2H2,1H3;1-3,8H,7H2;1H2;1H2. The minimum Gasteiger partial charge on any atom is -0.412 e. The lowest BCUT2D eigenvalue weighted by Gasteiger charge is -2.01. The fourth-order valence-corrected chi connectivity index (χ4v) is 1.99. The summed E-state index contributed by atoms with van der Waals surface area (Å²) in [6.45, 7) is 3.86. The highest BCUT2D eigenvalue weighted by Gasteiger charge is 2.19. The molecule has 0 spiro atoms. The molecular weight excluding hydrogens is 464 g/mol. The number of hydrogen-bond acceptors (Lipinski definition) is 13. The van der Waals surface area contributed by atoms with Crippen molar-refractivity contribution in [3.63, 3.8) is 0 Å². The van der Waals surface area contributed by atoms with Crippen LogP contribution in [0.5, 0.6) is 0 Å². The molecule has 0 aliphatic heterocycles. The number of nitrogens with two attached hydrogens (primary N) is 1. The molecule has 34 heavy (non-hydrogen) atoms. The van der Waals surface area contributed by atoms with Crippen LogP contribution in [0.25, 0.3) is 0 Å². The molecule has 0 aromatic heterocycles. The van der Waals surface area contributed by atoms with E-state index in [-0.39, 0.29) is 33.9 Å². The Morgan fingerprint density at radius 3 is 1.62 bits per heavy atom. The van der Waals surface area contributed by atoms with E-state index in [2.05, 4.69) is 16.0 Å². The minimum atomic E-state index is -0.748. The molecule has 6 N–H and O–H groups in total. The first-order valence-electron chi connectivity index (χ1n) is 8.51. The molecule has 184 valence electrons. The van der Waals surface area contributed by atoms with E-state index in [1.165, 1.54) is 24.4 Å². The van der Waals surface area contributed by atoms with Gasteiger partial charge in [0.25, 0.3) is 11.4 Å². The quantitative estimate of drug-likeness (QED) is 0.210. The molecule has 2 aromatic carbocycles. The van der Waals surface area contributed by atoms with Crippen LogP contribution in [0, 0.1) is 40.5 Å². The normalized spacial score (nSPS) is 9.24. The first-order valence-corrected chi connectivity index (χ1v) is 8.51. The predicted molar refractivity (Wildman–Crippen MR) is 120 cm³/mol. The maximum atomic E-state index is 10.7. The summed E-state index contributed by atoms with van der Waals surface area (Å²) in [5.74, 6) is 4.99. The Balaban J connectivity index is 0. The van der Waals surface area contributed by atoms with Crippen LogP contribution in [0.4, 0.5) is 34.1 Å². The maximum absolute atomic E-state index is 10.7. The zero-order chi connectivity index (χ0) is 25.6. The van der Waals surface area contributed by atoms with Crippen molar-refractivity contribution in [1.82, 2.24) is 0 Å². The van der Waals surface area contributed by atoms with E-state index in [0.717, 1.165) is 18.2 Å². The van der Waals surface area contributed by atoms with E-state index in [4.69, 9.17) is 10.6 Å². The number of hydrazone groups is 1. The van der Waals surface area contributed by atoms with Crippen molar-refractivity contribution < 1.29 is 30.0 Å². The van der Waals surface area contributed by atoms with E-state index in [1.54, 1.807) is 0 Å². The number of nitro groups is 4. The van der Waals surface area contributed by atoms with E-state index < -0.39 is 25.4 Å². The SMILES string of the molecule is C=O.CCC=NNc1ccc([N+](=O)[O-])cc1[N+](=O)[O-].NNc1ccc([N+](=O)[O-])cc1[N+](=O)[O-].O. The van der Waals surface area contributed by atoms with Gasteiger partial charge in [-0.1, -0.05) is 6.92 Å². The van der Waals surface area contributed by atoms with Crippen molar-refractivity contribution in [1.29, 1.82) is 0 Å². The monoisotopic (exact) mass is 484 g/mol. The van der Waals surface area contributed by atoms with Gasteiger partial charge in [-0.25, -0.2) is 0 Å². The first kappa shape index (κ1) is 31.1. The number of benzene rings is 2. The molecule has 0 saturated heterocycles. The molecule has 0 atom stereocenters. The highest BCUT2D eigenvalue weighted by Crippen LogP contribution is 2.29. The van der Waals surface area contributed by atoms with Crippen LogP contribution in [0.2, 0.25) is 0 Å². The predicted octanol–water partition coefficient (Wildman–Crippen LogP) is 2.09. The molecule has 18 nitrogen and oxygen atoms in total. The Morgan fingerprint density at radius 1 is 0.853 bits per heavy atom. The van der Waals surface area contributed by atoms with Gasteiger partial charge in [0, 0.05) is 18.3 Å². The Bertz CT molecular complexity index is 1050. The van der Waals surface area contributed by atoms with Crippen LogP contribution < -0.4 is 16.7 Å². The summed E-state index contributed by atoms with van der Waals surface area (Å²) < 4.78 is 0. The zero-order valence-corrected chi connectivity index (χ0v) is 17.4. The molecule has 0 fully saturated rings. The number of anilines is 2. The van der Waals surface area contributed by atoms with Crippen molar-refractivity contribution in [2.45, 2.75) is 13.3 Å². The Morgan fingerprint density at radius 2 is 1.26 bits per heavy atom. The Kier molecular flexibility index (Phi) is 14.3. The topological polar surface area (TPSA) is 284 Å². The van der Waals surface area contributed by atoms with Crippen molar-refractivity contribution in [2.75, 3.05) is 10.9 Å². The number of carbonyl (C=O) groups is 1. The largest absolute Gasteiger partial charge is 0.412 e. The van der Waals surface area contributed by atoms with Crippen LogP contribution >= 0.6 is 0 Å². The van der Waals surface area contributed by atoms with Gasteiger partial charge in [-0.3, -0.25) is 51.7 Å². The number of rotatable bonds is 8. The van der Waals surface area contributed by atoms with Crippen LogP contribution in [0.1, 0.15) is 13.3 Å². The number of nitrogens with zero attached hydrogens (tertiary/aromatic N) is 5. The summed E-state index contributed by atoms with van der Waals surface area (Å²) in [5.41, 5.74) is 3.20. The zero-order valence-electron chi connectivity index (χ0n) is 17.4. The van der Waals surface area contributed by atoms with Gasteiger partial charge in [0.2, 0.25) is 0 Å². The molecule has 0 heterocycles. The van der Waals surface area contributed by atoms with Crippen molar-refractivity contribution in [3.8, 4) is 0 Å². The highest BCUT2D eigenvalue weighted by atomic mass is 16.6. The molecule has 2 aromatic rings. The smallest absolute Gasteiger partial charge is 0.301 e. The van der Waals surface area contributed by atoms with Gasteiger partial charge >= 0.3 is 11.4 Å². The van der Waals surface area contributed by atoms with E-state index in [1.807, 2.05) is 13.7 Å². The highest BCUT2D eigenvalue weighted by molar-refractivity contribution is 5.67. The molecule has 0 aliphatic rings. The number of nitrogen functional groups attached to an aromatic ring is 1. The van der Waals surface area contributed by atoms with Crippen LogP contribution in [-0.4, -0.2) is 38.2 Å². The van der Waals surface area contributed by atoms with E-state index in [9.17, 15) is 40.5 Å². The van der Waals surface area contributed by atoms with Crippen LogP contribution in [0.15, 0.2) is 41.5 Å². The Labute approximate surface area is 189 Å². The number of hydrazine groups is 1. The average molecular weight is 484 g/mol. The summed E-state index contributed by atoms with van der Waals surface area (Å²) in [6.07, 6.45) is 2.21. The molecule has 2 rings (SSSR count). The number of nitro benzene ring substituents is 4. The fourth-order valence-electron chi connectivity index (χ4n) is 1.99. The van der Waals surface area contributed by atoms with Gasteiger partial charge in [0.05, 0.1) is 31.8 Å². The molecule has 18 heteroatoms. The molecule has 0 saturated carbocycles. The Hall–Kier alpha value is -5.10. The summed E-state index contributed by atoms with van der Waals surface area (Å²) in [4.78, 5) is 47.1. The van der Waals surface area contributed by atoms with E-state index in [0.29, 0.717) is 6.42 Å². The second kappa shape index (κ2) is 15.7. The third-order valence-electron chi connectivity index (χ3n) is 3.39. The third-order valence-corrected chi connectivity index (χ3v) is 3.39. The summed E-state index contributed by atoms with van der Waals surface area (Å²) >= 11 is 0. The lowest BCUT2D eigenvalue weighted by atomic mass is 10.2. The van der Waals surface area contributed by atoms with Gasteiger partial charge in [-0.15, -0.1) is 0 Å². The lowest BCUT2D eigenvalue weighted by molar-refractivity contribution is -0.393. The van der Waals surface area contributed by atoms with Crippen LogP contribution in [0.3, 0.4) is 0 Å². The van der Waals surface area contributed by atoms with Gasteiger partial charge in [-0.2, -0.15) is 5.10 Å². The van der Waals surface area contributed by atoms with Gasteiger partial charge in [-0.05, 0) is 18.6 Å². The average Bonchev–Trinajstić information content (AvgIpc) is 2.80. The van der Waals surface area contributed by atoms with Crippen molar-refractivity contribution in [3.05, 3.63) is 76.9 Å². The number of hydrogen-bond donors (Lipinski definition) is 3.